The van der Waals surface area contributed by atoms with Crippen molar-refractivity contribution in [2.75, 3.05) is 21.3 Å². The first-order valence-electron chi connectivity index (χ1n) is 11.5. The number of nitrogens with zero attached hydrogens (tertiary/aromatic N) is 1. The van der Waals surface area contributed by atoms with Gasteiger partial charge >= 0.3 is 0 Å². The molecule has 0 spiro atoms. The quantitative estimate of drug-likeness (QED) is 0.449. The maximum absolute atomic E-state index is 14.5. The monoisotopic (exact) mass is 478 g/mol. The zero-order chi connectivity index (χ0) is 25.2. The molecule has 0 fully saturated rings. The van der Waals surface area contributed by atoms with Gasteiger partial charge in [-0.1, -0.05) is 54.6 Å². The van der Waals surface area contributed by atoms with Crippen LogP contribution in [0.25, 0.3) is 0 Å². The summed E-state index contributed by atoms with van der Waals surface area (Å²) in [6.07, 6.45) is 0.891. The van der Waals surface area contributed by atoms with Crippen molar-refractivity contribution in [3.63, 3.8) is 0 Å². The van der Waals surface area contributed by atoms with Gasteiger partial charge in [-0.05, 0) is 35.7 Å². The summed E-state index contributed by atoms with van der Waals surface area (Å²) in [6.45, 7) is -0.0115. The molecule has 0 heterocycles. The molecule has 35 heavy (non-hydrogen) atoms. The summed E-state index contributed by atoms with van der Waals surface area (Å²) in [4.78, 5) is 27.9. The van der Waals surface area contributed by atoms with E-state index in [4.69, 9.17) is 9.47 Å². The number of rotatable bonds is 11. The smallest absolute Gasteiger partial charge is 0.242 e. The van der Waals surface area contributed by atoms with Crippen LogP contribution in [-0.4, -0.2) is 44.0 Å². The number of amides is 2. The Bertz CT molecular complexity index is 1140. The van der Waals surface area contributed by atoms with Crippen LogP contribution in [0.3, 0.4) is 0 Å². The lowest BCUT2D eigenvalue weighted by atomic mass is 10.0. The highest BCUT2D eigenvalue weighted by Gasteiger charge is 2.30. The fourth-order valence-electron chi connectivity index (χ4n) is 3.96. The molecule has 0 aliphatic carbocycles. The summed E-state index contributed by atoms with van der Waals surface area (Å²) in [5.74, 6) is 0.220. The van der Waals surface area contributed by atoms with Gasteiger partial charge in [0.2, 0.25) is 11.8 Å². The van der Waals surface area contributed by atoms with Crippen molar-refractivity contribution < 1.29 is 23.5 Å². The number of nitrogens with one attached hydrogen (secondary N) is 1. The number of likely N-dealkylation sites (N-methyl/N-ethyl adjacent to an activating group) is 1. The van der Waals surface area contributed by atoms with E-state index in [1.807, 2.05) is 42.5 Å². The van der Waals surface area contributed by atoms with E-state index in [2.05, 4.69) is 5.32 Å². The lowest BCUT2D eigenvalue weighted by Crippen LogP contribution is -2.49. The average Bonchev–Trinajstić information content (AvgIpc) is 2.90. The van der Waals surface area contributed by atoms with Gasteiger partial charge in [0.25, 0.3) is 0 Å². The molecular weight excluding hydrogens is 447 g/mol. The van der Waals surface area contributed by atoms with Crippen LogP contribution in [0, 0.1) is 5.82 Å². The Morgan fingerprint density at radius 3 is 2.26 bits per heavy atom. The largest absolute Gasteiger partial charge is 0.493 e. The van der Waals surface area contributed by atoms with Gasteiger partial charge in [-0.25, -0.2) is 4.39 Å². The summed E-state index contributed by atoms with van der Waals surface area (Å²) in [7, 11) is 4.66. The molecule has 1 N–H and O–H groups in total. The summed E-state index contributed by atoms with van der Waals surface area (Å²) < 4.78 is 25.2. The first-order chi connectivity index (χ1) is 17.0. The normalized spacial score (nSPS) is 11.4. The molecule has 0 aromatic heterocycles. The van der Waals surface area contributed by atoms with Crippen LogP contribution in [0.5, 0.6) is 11.5 Å². The molecule has 0 saturated carbocycles. The highest BCUT2D eigenvalue weighted by molar-refractivity contribution is 5.88. The van der Waals surface area contributed by atoms with Crippen LogP contribution in [0.1, 0.15) is 23.1 Å². The summed E-state index contributed by atoms with van der Waals surface area (Å²) in [5, 5.41) is 2.67. The predicted octanol–water partition coefficient (Wildman–Crippen LogP) is 4.16. The molecule has 0 radical (unpaired) electrons. The van der Waals surface area contributed by atoms with E-state index in [1.54, 1.807) is 38.5 Å². The molecule has 0 bridgehead atoms. The van der Waals surface area contributed by atoms with Crippen LogP contribution in [-0.2, 0) is 29.0 Å². The van der Waals surface area contributed by atoms with Crippen molar-refractivity contribution in [3.8, 4) is 11.5 Å². The number of hydrogen-bond acceptors (Lipinski definition) is 4. The Kier molecular flexibility index (Phi) is 9.23. The van der Waals surface area contributed by atoms with Crippen molar-refractivity contribution in [3.05, 3.63) is 95.3 Å². The Morgan fingerprint density at radius 1 is 0.914 bits per heavy atom. The van der Waals surface area contributed by atoms with Crippen molar-refractivity contribution in [1.29, 1.82) is 0 Å². The van der Waals surface area contributed by atoms with Gasteiger partial charge in [-0.3, -0.25) is 9.59 Å². The lowest BCUT2D eigenvalue weighted by Gasteiger charge is -2.31. The van der Waals surface area contributed by atoms with Crippen molar-refractivity contribution in [1.82, 2.24) is 10.2 Å². The zero-order valence-corrected chi connectivity index (χ0v) is 20.3. The average molecular weight is 479 g/mol. The Labute approximate surface area is 205 Å². The molecule has 0 unspecified atom stereocenters. The van der Waals surface area contributed by atoms with Crippen molar-refractivity contribution >= 4 is 11.8 Å². The second-order valence-electron chi connectivity index (χ2n) is 8.12. The van der Waals surface area contributed by atoms with E-state index in [-0.39, 0.29) is 24.8 Å². The first kappa shape index (κ1) is 25.7. The van der Waals surface area contributed by atoms with E-state index >= 15 is 0 Å². The topological polar surface area (TPSA) is 67.9 Å². The van der Waals surface area contributed by atoms with Gasteiger partial charge < -0.3 is 19.7 Å². The minimum absolute atomic E-state index is 0.0115. The number of halogens is 1. The van der Waals surface area contributed by atoms with E-state index in [1.165, 1.54) is 18.0 Å². The lowest BCUT2D eigenvalue weighted by molar-refractivity contribution is -0.141. The zero-order valence-electron chi connectivity index (χ0n) is 20.3. The standard InChI is InChI=1S/C28H31FN2O4/c1-30-28(33)24(17-20-9-5-4-6-10-20)31(19-22-11-7-8-12-23(22)29)27(32)16-14-21-13-15-25(34-2)26(18-21)35-3/h4-13,15,18,24H,14,16-17,19H2,1-3H3,(H,30,33)/t24-/m1/s1. The summed E-state index contributed by atoms with van der Waals surface area (Å²) >= 11 is 0. The maximum atomic E-state index is 14.5. The highest BCUT2D eigenvalue weighted by Crippen LogP contribution is 2.28. The minimum Gasteiger partial charge on any atom is -0.493 e. The van der Waals surface area contributed by atoms with Crippen LogP contribution in [0.15, 0.2) is 72.8 Å². The molecule has 184 valence electrons. The van der Waals surface area contributed by atoms with E-state index in [0.29, 0.717) is 29.9 Å². The van der Waals surface area contributed by atoms with Crippen molar-refractivity contribution in [2.45, 2.75) is 31.8 Å². The minimum atomic E-state index is -0.792. The molecular formula is C28H31FN2O4. The number of ether oxygens (including phenoxy) is 2. The SMILES string of the molecule is CNC(=O)[C@@H](Cc1ccccc1)N(Cc1ccccc1F)C(=O)CCc1ccc(OC)c(OC)c1. The molecule has 0 aliphatic heterocycles. The first-order valence-corrected chi connectivity index (χ1v) is 11.5. The van der Waals surface area contributed by atoms with Crippen LogP contribution < -0.4 is 14.8 Å². The summed E-state index contributed by atoms with van der Waals surface area (Å²) in [5.41, 5.74) is 2.16. The third-order valence-electron chi connectivity index (χ3n) is 5.89. The van der Waals surface area contributed by atoms with Gasteiger partial charge in [0.15, 0.2) is 11.5 Å². The van der Waals surface area contributed by atoms with Crippen molar-refractivity contribution in [2.24, 2.45) is 0 Å². The Morgan fingerprint density at radius 2 is 1.60 bits per heavy atom. The van der Waals surface area contributed by atoms with E-state index in [9.17, 15) is 14.0 Å². The summed E-state index contributed by atoms with van der Waals surface area (Å²) in [6, 6.07) is 20.5. The third kappa shape index (κ3) is 6.82. The van der Waals surface area contributed by atoms with E-state index in [0.717, 1.165) is 11.1 Å². The van der Waals surface area contributed by atoms with E-state index < -0.39 is 11.9 Å². The van der Waals surface area contributed by atoms with Crippen LogP contribution in [0.4, 0.5) is 4.39 Å². The number of methoxy groups -OCH3 is 2. The second kappa shape index (κ2) is 12.6. The van der Waals surface area contributed by atoms with Gasteiger partial charge in [0, 0.05) is 32.0 Å². The highest BCUT2D eigenvalue weighted by atomic mass is 19.1. The molecule has 1 atom stereocenters. The number of hydrogen-bond donors (Lipinski definition) is 1. The number of benzene rings is 3. The van der Waals surface area contributed by atoms with Gasteiger partial charge in [-0.15, -0.1) is 0 Å². The molecule has 3 rings (SSSR count). The molecule has 0 saturated heterocycles. The van der Waals surface area contributed by atoms with Gasteiger partial charge in [0.05, 0.1) is 14.2 Å². The maximum Gasteiger partial charge on any atom is 0.242 e. The predicted molar refractivity (Wildman–Crippen MR) is 133 cm³/mol. The van der Waals surface area contributed by atoms with Gasteiger partial charge in [0.1, 0.15) is 11.9 Å². The molecule has 3 aromatic carbocycles. The Balaban J connectivity index is 1.88. The molecule has 7 heteroatoms. The molecule has 0 aliphatic rings. The molecule has 3 aromatic rings. The third-order valence-corrected chi connectivity index (χ3v) is 5.89. The molecule has 6 nitrogen and oxygen atoms in total. The van der Waals surface area contributed by atoms with Crippen LogP contribution >= 0.6 is 0 Å². The fourth-order valence-corrected chi connectivity index (χ4v) is 3.96. The number of aryl methyl sites for hydroxylation is 1. The number of carbonyl (C=O) groups is 2. The fraction of sp³-hybridized carbons (Fsp3) is 0.286. The number of carbonyl (C=O) groups excluding carboxylic acids is 2. The molecule has 2 amide bonds. The van der Waals surface area contributed by atoms with Gasteiger partial charge in [-0.2, -0.15) is 0 Å². The van der Waals surface area contributed by atoms with Crippen LogP contribution in [0.2, 0.25) is 0 Å². The second-order valence-corrected chi connectivity index (χ2v) is 8.12. The Hall–Kier alpha value is -3.87.